The molecule has 1 aromatic carbocycles. The van der Waals surface area contributed by atoms with E-state index in [9.17, 15) is 9.50 Å². The van der Waals surface area contributed by atoms with Crippen molar-refractivity contribution in [2.45, 2.75) is 50.4 Å². The molecule has 2 saturated heterocycles. The summed E-state index contributed by atoms with van der Waals surface area (Å²) in [5.74, 6) is -0.200. The summed E-state index contributed by atoms with van der Waals surface area (Å²) < 4.78 is 12.8. The van der Waals surface area contributed by atoms with Gasteiger partial charge in [-0.1, -0.05) is 12.1 Å². The van der Waals surface area contributed by atoms with Gasteiger partial charge in [0.2, 0.25) is 0 Å². The van der Waals surface area contributed by atoms with Crippen LogP contribution in [0.3, 0.4) is 0 Å². The molecule has 0 aliphatic carbocycles. The molecule has 92 valence electrons. The number of piperidine rings is 1. The molecule has 2 fully saturated rings. The van der Waals surface area contributed by atoms with E-state index in [2.05, 4.69) is 4.90 Å². The molecule has 2 unspecified atom stereocenters. The van der Waals surface area contributed by atoms with Crippen molar-refractivity contribution in [3.8, 4) is 0 Å². The van der Waals surface area contributed by atoms with Gasteiger partial charge in [-0.2, -0.15) is 0 Å². The lowest BCUT2D eigenvalue weighted by Crippen LogP contribution is -2.49. The number of aliphatic hydroxyl groups is 1. The normalized spacial score (nSPS) is 32.9. The van der Waals surface area contributed by atoms with E-state index >= 15 is 0 Å². The van der Waals surface area contributed by atoms with Crippen molar-refractivity contribution in [3.63, 3.8) is 0 Å². The zero-order chi connectivity index (χ0) is 11.9. The SMILES string of the molecule is OC12CCCC(CC1)N2Cc1ccc(F)cc1. The van der Waals surface area contributed by atoms with Crippen LogP contribution in [0.25, 0.3) is 0 Å². The van der Waals surface area contributed by atoms with Crippen LogP contribution in [-0.2, 0) is 6.54 Å². The van der Waals surface area contributed by atoms with E-state index in [0.29, 0.717) is 6.04 Å². The number of halogens is 1. The number of rotatable bonds is 2. The topological polar surface area (TPSA) is 23.5 Å². The lowest BCUT2D eigenvalue weighted by molar-refractivity contribution is -0.123. The fourth-order valence-electron chi connectivity index (χ4n) is 3.29. The molecular formula is C14H18FNO. The van der Waals surface area contributed by atoms with E-state index in [1.807, 2.05) is 12.1 Å². The highest BCUT2D eigenvalue weighted by atomic mass is 19.1. The molecule has 0 radical (unpaired) electrons. The number of hydrogen-bond acceptors (Lipinski definition) is 2. The van der Waals surface area contributed by atoms with E-state index in [-0.39, 0.29) is 5.82 Å². The summed E-state index contributed by atoms with van der Waals surface area (Å²) in [5, 5.41) is 10.5. The van der Waals surface area contributed by atoms with Crippen molar-refractivity contribution >= 4 is 0 Å². The minimum Gasteiger partial charge on any atom is -0.376 e. The summed E-state index contributed by atoms with van der Waals surface area (Å²) in [4.78, 5) is 2.21. The fraction of sp³-hybridized carbons (Fsp3) is 0.571. The molecule has 0 saturated carbocycles. The number of hydrogen-bond donors (Lipinski definition) is 1. The average molecular weight is 235 g/mol. The zero-order valence-electron chi connectivity index (χ0n) is 9.90. The highest BCUT2D eigenvalue weighted by Crippen LogP contribution is 2.43. The second-order valence-electron chi connectivity index (χ2n) is 5.32. The predicted octanol–water partition coefficient (Wildman–Crippen LogP) is 2.66. The molecule has 2 bridgehead atoms. The third kappa shape index (κ3) is 1.98. The monoisotopic (exact) mass is 235 g/mol. The summed E-state index contributed by atoms with van der Waals surface area (Å²) in [6.07, 6.45) is 5.17. The Hall–Kier alpha value is -0.930. The van der Waals surface area contributed by atoms with Gasteiger partial charge in [-0.15, -0.1) is 0 Å². The van der Waals surface area contributed by atoms with Crippen LogP contribution in [0.2, 0.25) is 0 Å². The molecule has 2 aliphatic rings. The Morgan fingerprint density at radius 3 is 2.71 bits per heavy atom. The standard InChI is InChI=1S/C14H18FNO/c15-12-5-3-11(4-6-12)10-16-13-2-1-8-14(16,17)9-7-13/h3-6,13,17H,1-2,7-10H2. The van der Waals surface area contributed by atoms with Crippen LogP contribution in [0.5, 0.6) is 0 Å². The second kappa shape index (κ2) is 4.07. The molecule has 1 aromatic rings. The van der Waals surface area contributed by atoms with Gasteiger partial charge in [-0.3, -0.25) is 4.90 Å². The molecule has 2 aliphatic heterocycles. The first-order valence-electron chi connectivity index (χ1n) is 6.41. The van der Waals surface area contributed by atoms with Crippen LogP contribution < -0.4 is 0 Å². The summed E-state index contributed by atoms with van der Waals surface area (Å²) in [5.41, 5.74) is 0.482. The average Bonchev–Trinajstić information content (AvgIpc) is 2.49. The number of nitrogens with zero attached hydrogens (tertiary/aromatic N) is 1. The zero-order valence-corrected chi connectivity index (χ0v) is 9.90. The molecular weight excluding hydrogens is 217 g/mol. The van der Waals surface area contributed by atoms with Crippen LogP contribution in [-0.4, -0.2) is 21.8 Å². The van der Waals surface area contributed by atoms with Gasteiger partial charge in [0.1, 0.15) is 11.5 Å². The minimum absolute atomic E-state index is 0.200. The highest BCUT2D eigenvalue weighted by molar-refractivity contribution is 5.17. The van der Waals surface area contributed by atoms with E-state index in [1.54, 1.807) is 0 Å². The van der Waals surface area contributed by atoms with Crippen molar-refractivity contribution in [1.29, 1.82) is 0 Å². The maximum absolute atomic E-state index is 12.8. The van der Waals surface area contributed by atoms with E-state index in [4.69, 9.17) is 0 Å². The lowest BCUT2D eigenvalue weighted by atomic mass is 9.99. The molecule has 0 aromatic heterocycles. The van der Waals surface area contributed by atoms with Crippen molar-refractivity contribution in [1.82, 2.24) is 4.90 Å². The maximum atomic E-state index is 12.8. The molecule has 0 amide bonds. The van der Waals surface area contributed by atoms with E-state index in [0.717, 1.165) is 37.8 Å². The van der Waals surface area contributed by atoms with Crippen LogP contribution in [0.1, 0.15) is 37.7 Å². The first-order chi connectivity index (χ1) is 8.17. The van der Waals surface area contributed by atoms with Crippen LogP contribution in [0.15, 0.2) is 24.3 Å². The Morgan fingerprint density at radius 2 is 2.00 bits per heavy atom. The van der Waals surface area contributed by atoms with Crippen molar-refractivity contribution in [2.75, 3.05) is 0 Å². The van der Waals surface area contributed by atoms with Crippen molar-refractivity contribution < 1.29 is 9.50 Å². The van der Waals surface area contributed by atoms with Crippen LogP contribution in [0.4, 0.5) is 4.39 Å². The van der Waals surface area contributed by atoms with Gasteiger partial charge in [0.25, 0.3) is 0 Å². The quantitative estimate of drug-likeness (QED) is 0.852. The summed E-state index contributed by atoms with van der Waals surface area (Å²) in [6.45, 7) is 0.738. The highest BCUT2D eigenvalue weighted by Gasteiger charge is 2.47. The van der Waals surface area contributed by atoms with Crippen molar-refractivity contribution in [3.05, 3.63) is 35.6 Å². The third-order valence-corrected chi connectivity index (χ3v) is 4.23. The molecule has 2 heterocycles. The Bertz CT molecular complexity index is 401. The van der Waals surface area contributed by atoms with Gasteiger partial charge in [0.05, 0.1) is 0 Å². The van der Waals surface area contributed by atoms with Gasteiger partial charge in [0, 0.05) is 12.6 Å². The Morgan fingerprint density at radius 1 is 1.24 bits per heavy atom. The molecule has 2 nitrogen and oxygen atoms in total. The lowest BCUT2D eigenvalue weighted by Gasteiger charge is -2.41. The first kappa shape index (κ1) is 11.2. The smallest absolute Gasteiger partial charge is 0.123 e. The van der Waals surface area contributed by atoms with Gasteiger partial charge < -0.3 is 5.11 Å². The van der Waals surface area contributed by atoms with Crippen molar-refractivity contribution in [2.24, 2.45) is 0 Å². The summed E-state index contributed by atoms with van der Waals surface area (Å²) in [6, 6.07) is 7.12. The third-order valence-electron chi connectivity index (χ3n) is 4.23. The molecule has 3 heteroatoms. The fourth-order valence-corrected chi connectivity index (χ4v) is 3.29. The van der Waals surface area contributed by atoms with Gasteiger partial charge >= 0.3 is 0 Å². The first-order valence-corrected chi connectivity index (χ1v) is 6.41. The number of benzene rings is 1. The van der Waals surface area contributed by atoms with E-state index < -0.39 is 5.72 Å². The molecule has 1 N–H and O–H groups in total. The summed E-state index contributed by atoms with van der Waals surface area (Å²) in [7, 11) is 0. The Balaban J connectivity index is 1.79. The summed E-state index contributed by atoms with van der Waals surface area (Å²) >= 11 is 0. The number of fused-ring (bicyclic) bond motifs is 2. The Labute approximate surface area is 101 Å². The van der Waals surface area contributed by atoms with Crippen LogP contribution >= 0.6 is 0 Å². The Kier molecular flexibility index (Phi) is 2.68. The molecule has 2 atom stereocenters. The van der Waals surface area contributed by atoms with Crippen LogP contribution in [0, 0.1) is 5.82 Å². The second-order valence-corrected chi connectivity index (χ2v) is 5.32. The molecule has 17 heavy (non-hydrogen) atoms. The maximum Gasteiger partial charge on any atom is 0.123 e. The predicted molar refractivity (Wildman–Crippen MR) is 63.8 cm³/mol. The molecule has 3 rings (SSSR count). The van der Waals surface area contributed by atoms with E-state index in [1.165, 1.54) is 18.6 Å². The largest absolute Gasteiger partial charge is 0.376 e. The van der Waals surface area contributed by atoms with Gasteiger partial charge in [0.15, 0.2) is 0 Å². The molecule has 0 spiro atoms. The van der Waals surface area contributed by atoms with Gasteiger partial charge in [-0.25, -0.2) is 4.39 Å². The van der Waals surface area contributed by atoms with Gasteiger partial charge in [-0.05, 0) is 49.8 Å². The minimum atomic E-state index is -0.600.